The lowest BCUT2D eigenvalue weighted by molar-refractivity contribution is 0.0612. The summed E-state index contributed by atoms with van der Waals surface area (Å²) in [6, 6.07) is 0. The van der Waals surface area contributed by atoms with Crippen LogP contribution >= 0.6 is 0 Å². The Hall–Kier alpha value is -0.0800. The summed E-state index contributed by atoms with van der Waals surface area (Å²) in [5, 5.41) is 18.2. The van der Waals surface area contributed by atoms with Gasteiger partial charge in [0.05, 0.1) is 12.7 Å². The minimum atomic E-state index is -0.201. The zero-order chi connectivity index (χ0) is 6.48. The summed E-state index contributed by atoms with van der Waals surface area (Å²) in [5.74, 6) is 0.650. The molecule has 2 heteroatoms. The van der Waals surface area contributed by atoms with E-state index in [0.717, 1.165) is 19.3 Å². The van der Waals surface area contributed by atoms with Crippen molar-refractivity contribution in [1.29, 1.82) is 0 Å². The second-order valence-corrected chi connectivity index (χ2v) is 3.39. The summed E-state index contributed by atoms with van der Waals surface area (Å²) in [6.07, 6.45) is 2.89. The van der Waals surface area contributed by atoms with E-state index in [-0.39, 0.29) is 18.1 Å². The molecule has 2 fully saturated rings. The van der Waals surface area contributed by atoms with Crippen molar-refractivity contribution in [2.75, 3.05) is 6.61 Å². The first-order chi connectivity index (χ1) is 4.29. The Morgan fingerprint density at radius 1 is 1.44 bits per heavy atom. The van der Waals surface area contributed by atoms with Crippen LogP contribution < -0.4 is 0 Å². The lowest BCUT2D eigenvalue weighted by Crippen LogP contribution is -2.22. The molecule has 0 saturated heterocycles. The molecule has 0 heterocycles. The SMILES string of the molecule is OCC12CC1CCC2O. The van der Waals surface area contributed by atoms with E-state index in [0.29, 0.717) is 5.92 Å². The van der Waals surface area contributed by atoms with Gasteiger partial charge in [-0.1, -0.05) is 0 Å². The van der Waals surface area contributed by atoms with Crippen molar-refractivity contribution in [2.24, 2.45) is 11.3 Å². The van der Waals surface area contributed by atoms with Crippen LogP contribution in [0.25, 0.3) is 0 Å². The van der Waals surface area contributed by atoms with Crippen molar-refractivity contribution in [2.45, 2.75) is 25.4 Å². The Balaban J connectivity index is 2.14. The largest absolute Gasteiger partial charge is 0.396 e. The van der Waals surface area contributed by atoms with Crippen LogP contribution in [0.3, 0.4) is 0 Å². The molecule has 2 aliphatic rings. The lowest BCUT2D eigenvalue weighted by Gasteiger charge is -2.13. The van der Waals surface area contributed by atoms with Gasteiger partial charge in [0.2, 0.25) is 0 Å². The molecule has 0 radical (unpaired) electrons. The summed E-state index contributed by atoms with van der Waals surface area (Å²) in [4.78, 5) is 0. The van der Waals surface area contributed by atoms with E-state index >= 15 is 0 Å². The number of rotatable bonds is 1. The third-order valence-corrected chi connectivity index (χ3v) is 3.03. The van der Waals surface area contributed by atoms with Crippen LogP contribution in [-0.2, 0) is 0 Å². The highest BCUT2D eigenvalue weighted by molar-refractivity contribution is 5.11. The van der Waals surface area contributed by atoms with Gasteiger partial charge in [-0.2, -0.15) is 0 Å². The van der Waals surface area contributed by atoms with Crippen LogP contribution in [0, 0.1) is 11.3 Å². The average molecular weight is 128 g/mol. The van der Waals surface area contributed by atoms with Crippen molar-refractivity contribution in [1.82, 2.24) is 0 Å². The van der Waals surface area contributed by atoms with Gasteiger partial charge in [-0.25, -0.2) is 0 Å². The fourth-order valence-electron chi connectivity index (χ4n) is 2.14. The lowest BCUT2D eigenvalue weighted by atomic mass is 10.0. The molecule has 2 nitrogen and oxygen atoms in total. The Kier molecular flexibility index (Phi) is 0.945. The van der Waals surface area contributed by atoms with Crippen LogP contribution in [0.4, 0.5) is 0 Å². The number of hydrogen-bond donors (Lipinski definition) is 2. The average Bonchev–Trinajstić information content (AvgIpc) is 2.52. The molecule has 0 amide bonds. The standard InChI is InChI=1S/C7H12O2/c8-4-7-3-5(7)1-2-6(7)9/h5-6,8-9H,1-4H2. The van der Waals surface area contributed by atoms with Gasteiger partial charge in [-0.15, -0.1) is 0 Å². The van der Waals surface area contributed by atoms with E-state index in [9.17, 15) is 5.11 Å². The smallest absolute Gasteiger partial charge is 0.0621 e. The van der Waals surface area contributed by atoms with Crippen LogP contribution in [0.1, 0.15) is 19.3 Å². The van der Waals surface area contributed by atoms with E-state index in [1.165, 1.54) is 0 Å². The topological polar surface area (TPSA) is 40.5 Å². The molecule has 0 aromatic heterocycles. The first-order valence-electron chi connectivity index (χ1n) is 3.58. The molecule has 9 heavy (non-hydrogen) atoms. The number of aliphatic hydroxyl groups is 2. The van der Waals surface area contributed by atoms with Crippen molar-refractivity contribution in [3.8, 4) is 0 Å². The Morgan fingerprint density at radius 3 is 2.44 bits per heavy atom. The highest BCUT2D eigenvalue weighted by atomic mass is 16.3. The Bertz CT molecular complexity index is 131. The molecule has 0 aromatic rings. The van der Waals surface area contributed by atoms with Gasteiger partial charge in [-0.3, -0.25) is 0 Å². The predicted octanol–water partition coefficient (Wildman–Crippen LogP) is 0.140. The molecular formula is C7H12O2. The van der Waals surface area contributed by atoms with Crippen LogP contribution in [0.5, 0.6) is 0 Å². The Morgan fingerprint density at radius 2 is 2.22 bits per heavy atom. The first kappa shape index (κ1) is 5.69. The molecule has 2 saturated carbocycles. The monoisotopic (exact) mass is 128 g/mol. The normalized spacial score (nSPS) is 55.3. The summed E-state index contributed by atoms with van der Waals surface area (Å²) >= 11 is 0. The van der Waals surface area contributed by atoms with Gasteiger partial charge in [0.15, 0.2) is 0 Å². The van der Waals surface area contributed by atoms with E-state index in [1.807, 2.05) is 0 Å². The minimum absolute atomic E-state index is 0.0278. The second-order valence-electron chi connectivity index (χ2n) is 3.39. The highest BCUT2D eigenvalue weighted by Gasteiger charge is 2.61. The van der Waals surface area contributed by atoms with Crippen LogP contribution in [0.15, 0.2) is 0 Å². The Labute approximate surface area is 54.5 Å². The van der Waals surface area contributed by atoms with Gasteiger partial charge in [-0.05, 0) is 25.2 Å². The molecule has 2 N–H and O–H groups in total. The maximum absolute atomic E-state index is 9.33. The number of hydrogen-bond acceptors (Lipinski definition) is 2. The maximum Gasteiger partial charge on any atom is 0.0621 e. The summed E-state index contributed by atoms with van der Waals surface area (Å²) < 4.78 is 0. The van der Waals surface area contributed by atoms with E-state index < -0.39 is 0 Å². The van der Waals surface area contributed by atoms with Gasteiger partial charge in [0.1, 0.15) is 0 Å². The van der Waals surface area contributed by atoms with Gasteiger partial charge >= 0.3 is 0 Å². The van der Waals surface area contributed by atoms with Crippen LogP contribution in [0.2, 0.25) is 0 Å². The molecule has 0 bridgehead atoms. The zero-order valence-electron chi connectivity index (χ0n) is 5.38. The minimum Gasteiger partial charge on any atom is -0.396 e. The second kappa shape index (κ2) is 1.50. The van der Waals surface area contributed by atoms with Gasteiger partial charge in [0, 0.05) is 5.41 Å². The number of aliphatic hydroxyl groups excluding tert-OH is 2. The fourth-order valence-corrected chi connectivity index (χ4v) is 2.14. The molecule has 0 aromatic carbocycles. The molecule has 0 spiro atoms. The molecule has 2 rings (SSSR count). The molecular weight excluding hydrogens is 116 g/mol. The zero-order valence-corrected chi connectivity index (χ0v) is 5.38. The van der Waals surface area contributed by atoms with E-state index in [2.05, 4.69) is 0 Å². The van der Waals surface area contributed by atoms with Crippen molar-refractivity contribution >= 4 is 0 Å². The third kappa shape index (κ3) is 0.528. The summed E-state index contributed by atoms with van der Waals surface area (Å²) in [7, 11) is 0. The molecule has 3 unspecified atom stereocenters. The quantitative estimate of drug-likeness (QED) is 0.527. The molecule has 52 valence electrons. The number of fused-ring (bicyclic) bond motifs is 1. The third-order valence-electron chi connectivity index (χ3n) is 3.03. The molecule has 2 aliphatic carbocycles. The molecule has 0 aliphatic heterocycles. The van der Waals surface area contributed by atoms with E-state index in [4.69, 9.17) is 5.11 Å². The highest BCUT2D eigenvalue weighted by Crippen LogP contribution is 2.62. The van der Waals surface area contributed by atoms with Crippen molar-refractivity contribution in [3.05, 3.63) is 0 Å². The fraction of sp³-hybridized carbons (Fsp3) is 1.00. The summed E-state index contributed by atoms with van der Waals surface area (Å²) in [5.41, 5.74) is -0.0278. The predicted molar refractivity (Wildman–Crippen MR) is 32.9 cm³/mol. The van der Waals surface area contributed by atoms with Crippen molar-refractivity contribution in [3.63, 3.8) is 0 Å². The first-order valence-corrected chi connectivity index (χ1v) is 3.58. The maximum atomic E-state index is 9.33. The molecule has 3 atom stereocenters. The summed E-state index contributed by atoms with van der Waals surface area (Å²) in [6.45, 7) is 0.193. The van der Waals surface area contributed by atoms with E-state index in [1.54, 1.807) is 0 Å². The van der Waals surface area contributed by atoms with Crippen molar-refractivity contribution < 1.29 is 10.2 Å². The van der Waals surface area contributed by atoms with Gasteiger partial charge < -0.3 is 10.2 Å². The van der Waals surface area contributed by atoms with Crippen LogP contribution in [-0.4, -0.2) is 22.9 Å². The van der Waals surface area contributed by atoms with Gasteiger partial charge in [0.25, 0.3) is 0 Å².